The number of amides is 4. The lowest BCUT2D eigenvalue weighted by Gasteiger charge is -2.22. The lowest BCUT2D eigenvalue weighted by Crippen LogP contribution is -2.30. The Labute approximate surface area is 324 Å². The van der Waals surface area contributed by atoms with Crippen LogP contribution in [0.25, 0.3) is 11.1 Å². The minimum Gasteiger partial charge on any atom is -0.464 e. The van der Waals surface area contributed by atoms with E-state index in [1.807, 2.05) is 24.3 Å². The van der Waals surface area contributed by atoms with Crippen molar-refractivity contribution in [1.82, 2.24) is 15.7 Å². The van der Waals surface area contributed by atoms with Gasteiger partial charge in [-0.1, -0.05) is 70.1 Å². The van der Waals surface area contributed by atoms with Gasteiger partial charge in [0.2, 0.25) is 0 Å². The molecule has 0 radical (unpaired) electrons. The Bertz CT molecular complexity index is 1480. The van der Waals surface area contributed by atoms with E-state index in [0.717, 1.165) is 6.42 Å². The normalized spacial score (nSPS) is 13.7. The maximum absolute atomic E-state index is 12.3. The largest absolute Gasteiger partial charge is 0.464 e. The van der Waals surface area contributed by atoms with E-state index >= 15 is 0 Å². The summed E-state index contributed by atoms with van der Waals surface area (Å²) in [7, 11) is 3.25. The summed E-state index contributed by atoms with van der Waals surface area (Å²) in [6, 6.07) is 16.4. The van der Waals surface area contributed by atoms with E-state index in [2.05, 4.69) is 55.3 Å². The van der Waals surface area contributed by atoms with Crippen LogP contribution in [0.1, 0.15) is 63.0 Å². The van der Waals surface area contributed by atoms with E-state index < -0.39 is 24.0 Å². The highest BCUT2D eigenvalue weighted by Gasteiger charge is 2.32. The molecule has 2 N–H and O–H groups in total. The Morgan fingerprint density at radius 2 is 1.33 bits per heavy atom. The molecule has 0 unspecified atom stereocenters. The SMILES string of the molecule is C=C(OCCCCOCSSC(C)(C)CCOC(=O)NCCOCCOCCNC(=O)OCC1c2ccccc2-c2ccccc21)ON1C(=O)CCC1=O. The van der Waals surface area contributed by atoms with Crippen LogP contribution in [0.4, 0.5) is 9.59 Å². The van der Waals surface area contributed by atoms with Crippen molar-refractivity contribution in [2.75, 3.05) is 71.9 Å². The number of nitrogens with zero attached hydrogens (tertiary/aromatic N) is 1. The van der Waals surface area contributed by atoms with Gasteiger partial charge in [0.1, 0.15) is 12.5 Å². The second-order valence-corrected chi connectivity index (χ2v) is 15.8. The topological polar surface area (TPSA) is 160 Å². The third-order valence-electron chi connectivity index (χ3n) is 8.25. The van der Waals surface area contributed by atoms with Gasteiger partial charge in [-0.2, -0.15) is 0 Å². The molecule has 16 heteroatoms. The first-order valence-electron chi connectivity index (χ1n) is 18.0. The maximum atomic E-state index is 12.3. The van der Waals surface area contributed by atoms with Crippen molar-refractivity contribution in [3.63, 3.8) is 0 Å². The highest BCUT2D eigenvalue weighted by Crippen LogP contribution is 2.44. The fraction of sp³-hybridized carbons (Fsp3) is 0.526. The van der Waals surface area contributed by atoms with Crippen LogP contribution in [0.15, 0.2) is 61.1 Å². The Balaban J connectivity index is 0.890. The van der Waals surface area contributed by atoms with E-state index in [4.69, 9.17) is 33.3 Å². The number of imide groups is 1. The molecule has 4 amide bonds. The molecule has 1 fully saturated rings. The van der Waals surface area contributed by atoms with Gasteiger partial charge in [0.15, 0.2) is 0 Å². The monoisotopic (exact) mass is 789 g/mol. The lowest BCUT2D eigenvalue weighted by atomic mass is 9.98. The third-order valence-corrected chi connectivity index (χ3v) is 11.3. The van der Waals surface area contributed by atoms with Gasteiger partial charge in [-0.15, -0.1) is 5.06 Å². The first-order chi connectivity index (χ1) is 26.1. The number of hydrogen-bond acceptors (Lipinski definition) is 13. The molecule has 2 aliphatic rings. The molecule has 0 aromatic heterocycles. The van der Waals surface area contributed by atoms with Gasteiger partial charge >= 0.3 is 12.2 Å². The Morgan fingerprint density at radius 3 is 1.96 bits per heavy atom. The number of unbranched alkanes of at least 4 members (excludes halogenated alkanes) is 1. The Hall–Kier alpha value is -3.96. The number of carbonyl (C=O) groups is 4. The third kappa shape index (κ3) is 14.7. The van der Waals surface area contributed by atoms with Gasteiger partial charge < -0.3 is 43.9 Å². The van der Waals surface area contributed by atoms with Crippen molar-refractivity contribution in [3.05, 3.63) is 72.2 Å². The standard InChI is InChI=1S/C38H51N3O11S2/c1-28(52-41-34(42)14-15-35(41)43)49-20-9-8-19-48-27-53-54-38(2,3)16-21-50-36(44)39-17-22-46-24-25-47-23-18-40-37(45)51-26-33-31-12-6-4-10-29(31)30-11-5-7-13-32(30)33/h4-7,10-13,33H,1,8-9,14-27H2,2-3H3,(H,39,44)(H,40,45). The fourth-order valence-corrected chi connectivity index (χ4v) is 7.73. The zero-order valence-electron chi connectivity index (χ0n) is 31.0. The predicted molar refractivity (Wildman–Crippen MR) is 205 cm³/mol. The molecule has 0 bridgehead atoms. The van der Waals surface area contributed by atoms with Crippen molar-refractivity contribution in [1.29, 1.82) is 0 Å². The van der Waals surface area contributed by atoms with Crippen LogP contribution in [0.5, 0.6) is 0 Å². The average Bonchev–Trinajstić information content (AvgIpc) is 3.65. The first-order valence-corrected chi connectivity index (χ1v) is 20.4. The molecule has 1 heterocycles. The Morgan fingerprint density at radius 1 is 0.759 bits per heavy atom. The quantitative estimate of drug-likeness (QED) is 0.0367. The molecule has 1 aliphatic carbocycles. The van der Waals surface area contributed by atoms with Crippen LogP contribution in [0, 0.1) is 0 Å². The molecule has 54 heavy (non-hydrogen) atoms. The van der Waals surface area contributed by atoms with Crippen molar-refractivity contribution < 1.29 is 52.4 Å². The van der Waals surface area contributed by atoms with Crippen LogP contribution < -0.4 is 10.6 Å². The molecule has 1 aliphatic heterocycles. The summed E-state index contributed by atoms with van der Waals surface area (Å²) in [5, 5.41) is 6.09. The smallest absolute Gasteiger partial charge is 0.407 e. The van der Waals surface area contributed by atoms with Gasteiger partial charge in [-0.3, -0.25) is 9.59 Å². The summed E-state index contributed by atoms with van der Waals surface area (Å²) in [5.74, 6) is -0.360. The number of benzene rings is 2. The van der Waals surface area contributed by atoms with Crippen LogP contribution in [0.3, 0.4) is 0 Å². The molecule has 1 saturated heterocycles. The van der Waals surface area contributed by atoms with E-state index in [0.29, 0.717) is 76.6 Å². The van der Waals surface area contributed by atoms with Crippen molar-refractivity contribution in [3.8, 4) is 11.1 Å². The summed E-state index contributed by atoms with van der Waals surface area (Å²) < 4.78 is 32.7. The molecular weight excluding hydrogens is 739 g/mol. The van der Waals surface area contributed by atoms with Gasteiger partial charge in [-0.05, 0) is 61.9 Å². The Kier molecular flexibility index (Phi) is 18.3. The fourth-order valence-electron chi connectivity index (χ4n) is 5.46. The number of hydrogen-bond donors (Lipinski definition) is 2. The average molecular weight is 790 g/mol. The van der Waals surface area contributed by atoms with Crippen molar-refractivity contribution in [2.24, 2.45) is 0 Å². The molecular formula is C38H51N3O11S2. The summed E-state index contributed by atoms with van der Waals surface area (Å²) in [4.78, 5) is 52.5. The van der Waals surface area contributed by atoms with Gasteiger partial charge in [-0.25, -0.2) is 9.59 Å². The molecule has 2 aromatic rings. The summed E-state index contributed by atoms with van der Waals surface area (Å²) >= 11 is 0. The van der Waals surface area contributed by atoms with Crippen molar-refractivity contribution in [2.45, 2.75) is 56.6 Å². The van der Waals surface area contributed by atoms with Gasteiger partial charge in [0, 0.05) is 43.2 Å². The van der Waals surface area contributed by atoms with Crippen LogP contribution >= 0.6 is 21.6 Å². The lowest BCUT2D eigenvalue weighted by molar-refractivity contribution is -0.190. The molecule has 14 nitrogen and oxygen atoms in total. The zero-order chi connectivity index (χ0) is 38.6. The van der Waals surface area contributed by atoms with E-state index in [-0.39, 0.29) is 42.7 Å². The maximum Gasteiger partial charge on any atom is 0.407 e. The minimum absolute atomic E-state index is 0.0127. The number of alkyl carbamates (subject to hydrolysis) is 2. The van der Waals surface area contributed by atoms with E-state index in [1.54, 1.807) is 21.6 Å². The molecule has 0 spiro atoms. The summed E-state index contributed by atoms with van der Waals surface area (Å²) in [6.07, 6.45) is 1.41. The number of fused-ring (bicyclic) bond motifs is 3. The van der Waals surface area contributed by atoms with Crippen LogP contribution in [-0.2, 0) is 42.8 Å². The number of nitrogens with one attached hydrogen (secondary N) is 2. The second kappa shape index (κ2) is 23.1. The van der Waals surface area contributed by atoms with Crippen LogP contribution in [0.2, 0.25) is 0 Å². The number of carbonyl (C=O) groups excluding carboxylic acids is 4. The molecule has 0 saturated carbocycles. The number of rotatable bonds is 26. The van der Waals surface area contributed by atoms with E-state index in [9.17, 15) is 19.2 Å². The zero-order valence-corrected chi connectivity index (χ0v) is 32.6. The number of ether oxygens (including phenoxy) is 6. The number of hydroxylamine groups is 2. The molecule has 2 aromatic carbocycles. The molecule has 0 atom stereocenters. The van der Waals surface area contributed by atoms with Gasteiger partial charge in [0.05, 0.1) is 39.6 Å². The second-order valence-electron chi connectivity index (χ2n) is 12.9. The van der Waals surface area contributed by atoms with Crippen molar-refractivity contribution >= 4 is 45.6 Å². The summed E-state index contributed by atoms with van der Waals surface area (Å²) in [6.45, 7) is 11.1. The molecule has 4 rings (SSSR count). The molecule has 296 valence electrons. The van der Waals surface area contributed by atoms with Gasteiger partial charge in [0.25, 0.3) is 17.8 Å². The van der Waals surface area contributed by atoms with E-state index in [1.165, 1.54) is 22.3 Å². The first kappa shape index (κ1) is 42.8. The highest BCUT2D eigenvalue weighted by molar-refractivity contribution is 8.77. The predicted octanol–water partition coefficient (Wildman–Crippen LogP) is 6.16. The highest BCUT2D eigenvalue weighted by atomic mass is 33.1. The minimum atomic E-state index is -0.497. The van der Waals surface area contributed by atoms with Crippen LogP contribution in [-0.4, -0.2) is 106 Å². The summed E-state index contributed by atoms with van der Waals surface area (Å²) in [5.41, 5.74) is 4.70.